The zero-order valence-electron chi connectivity index (χ0n) is 21.1. The summed E-state index contributed by atoms with van der Waals surface area (Å²) in [6.45, 7) is 16.8. The van der Waals surface area contributed by atoms with Gasteiger partial charge in [-0.15, -0.1) is 0 Å². The van der Waals surface area contributed by atoms with Crippen molar-refractivity contribution in [1.29, 1.82) is 5.41 Å². The summed E-state index contributed by atoms with van der Waals surface area (Å²) in [7, 11) is -3.97. The summed E-state index contributed by atoms with van der Waals surface area (Å²) in [6.07, 6.45) is 0.581. The first-order valence-corrected chi connectivity index (χ1v) is 12.6. The lowest BCUT2D eigenvalue weighted by Crippen LogP contribution is -2.43. The van der Waals surface area contributed by atoms with E-state index in [1.54, 1.807) is 34.6 Å². The van der Waals surface area contributed by atoms with E-state index in [9.17, 15) is 13.2 Å². The first-order valence-electron chi connectivity index (χ1n) is 11.1. The number of benzene rings is 1. The summed E-state index contributed by atoms with van der Waals surface area (Å²) in [5, 5.41) is 13.5. The van der Waals surface area contributed by atoms with Gasteiger partial charge in [-0.25, -0.2) is 17.9 Å². The van der Waals surface area contributed by atoms with E-state index in [1.807, 2.05) is 27.7 Å². The Kier molecular flexibility index (Phi) is 7.62. The average Bonchev–Trinajstić information content (AvgIpc) is 2.93. The molecule has 1 amide bonds. The maximum absolute atomic E-state index is 13.2. The Morgan fingerprint density at radius 2 is 1.79 bits per heavy atom. The number of nitrogens with one attached hydrogen (secondary N) is 4. The topological polar surface area (TPSA) is 130 Å². The number of sulfonamides is 1. The Morgan fingerprint density at radius 3 is 2.36 bits per heavy atom. The highest BCUT2D eigenvalue weighted by molar-refractivity contribution is 7.90. The molecule has 1 unspecified atom stereocenters. The summed E-state index contributed by atoms with van der Waals surface area (Å²) < 4.78 is 39.9. The Bertz CT molecular complexity index is 1040. The van der Waals surface area contributed by atoms with Crippen molar-refractivity contribution >= 4 is 22.1 Å². The molecule has 1 heterocycles. The molecule has 186 valence electrons. The van der Waals surface area contributed by atoms with Gasteiger partial charge < -0.3 is 20.1 Å². The zero-order chi connectivity index (χ0) is 25.4. The van der Waals surface area contributed by atoms with E-state index in [0.29, 0.717) is 30.5 Å². The van der Waals surface area contributed by atoms with Crippen LogP contribution in [-0.4, -0.2) is 44.3 Å². The molecule has 0 aromatic heterocycles. The van der Waals surface area contributed by atoms with Gasteiger partial charge in [-0.3, -0.25) is 5.41 Å². The highest BCUT2D eigenvalue weighted by atomic mass is 32.2. The van der Waals surface area contributed by atoms with Gasteiger partial charge in [-0.1, -0.05) is 0 Å². The van der Waals surface area contributed by atoms with Crippen molar-refractivity contribution < 1.29 is 22.7 Å². The summed E-state index contributed by atoms with van der Waals surface area (Å²) in [5.41, 5.74) is 1.97. The first-order chi connectivity index (χ1) is 14.9. The molecule has 0 radical (unpaired) electrons. The molecular formula is C23H38N4O5S. The fraction of sp³-hybridized carbons (Fsp3) is 0.652. The first kappa shape index (κ1) is 26.8. The molecule has 1 aromatic carbocycles. The van der Waals surface area contributed by atoms with E-state index in [-0.39, 0.29) is 16.9 Å². The number of hydrogen-bond donors (Lipinski definition) is 4. The third kappa shape index (κ3) is 6.75. The van der Waals surface area contributed by atoms with Crippen LogP contribution in [0, 0.1) is 26.2 Å². The number of carbonyl (C=O) groups is 1. The van der Waals surface area contributed by atoms with Gasteiger partial charge in [0.15, 0.2) is 0 Å². The van der Waals surface area contributed by atoms with Crippen LogP contribution in [-0.2, 0) is 21.2 Å². The van der Waals surface area contributed by atoms with Gasteiger partial charge in [0.25, 0.3) is 10.0 Å². The van der Waals surface area contributed by atoms with Crippen LogP contribution >= 0.6 is 0 Å². The molecule has 0 spiro atoms. The number of hydrogen-bond acceptors (Lipinski definition) is 6. The molecule has 10 heteroatoms. The fourth-order valence-electron chi connectivity index (χ4n) is 3.86. The van der Waals surface area contributed by atoms with Gasteiger partial charge >= 0.3 is 6.09 Å². The predicted octanol–water partition coefficient (Wildman–Crippen LogP) is 3.43. The fourth-order valence-corrected chi connectivity index (χ4v) is 5.39. The molecule has 0 saturated heterocycles. The van der Waals surface area contributed by atoms with Crippen LogP contribution in [0.25, 0.3) is 0 Å². The Hall–Kier alpha value is -2.49. The molecule has 2 rings (SSSR count). The van der Waals surface area contributed by atoms with Gasteiger partial charge in [-0.2, -0.15) is 0 Å². The summed E-state index contributed by atoms with van der Waals surface area (Å²) in [5.74, 6) is 0.432. The zero-order valence-corrected chi connectivity index (χ0v) is 22.0. The normalized spacial score (nSPS) is 15.8. The van der Waals surface area contributed by atoms with E-state index in [0.717, 1.165) is 16.9 Å². The summed E-state index contributed by atoms with van der Waals surface area (Å²) >= 11 is 0. The van der Waals surface area contributed by atoms with Gasteiger partial charge in [-0.05, 0) is 85.4 Å². The molecule has 33 heavy (non-hydrogen) atoms. The van der Waals surface area contributed by atoms with Crippen LogP contribution in [0.3, 0.4) is 0 Å². The monoisotopic (exact) mass is 482 g/mol. The maximum atomic E-state index is 13.2. The standard InChI is InChI=1S/C23H38N4O5S/c1-13(26-21(28)32-22(5,6)7)10-11-25-20(24)27-33(29,30)19-15(3)14(2)18-17(16(19)4)12-23(8,9)31-18/h13H,10-12H2,1-9H3,(H,26,28)(H3,24,25,27). The van der Waals surface area contributed by atoms with E-state index in [4.69, 9.17) is 14.9 Å². The number of ether oxygens (including phenoxy) is 2. The Morgan fingerprint density at radius 1 is 1.18 bits per heavy atom. The molecule has 1 aliphatic heterocycles. The van der Waals surface area contributed by atoms with Crippen LogP contribution in [0.4, 0.5) is 4.79 Å². The molecule has 0 bridgehead atoms. The molecule has 0 aliphatic carbocycles. The average molecular weight is 483 g/mol. The second-order valence-electron chi connectivity index (χ2n) is 10.3. The number of carbonyl (C=O) groups excluding carboxylic acids is 1. The quantitative estimate of drug-likeness (QED) is 0.363. The van der Waals surface area contributed by atoms with Crippen molar-refractivity contribution in [2.75, 3.05) is 6.54 Å². The smallest absolute Gasteiger partial charge is 0.407 e. The molecule has 0 saturated carbocycles. The predicted molar refractivity (Wildman–Crippen MR) is 129 cm³/mol. The SMILES string of the molecule is Cc1c(C)c(S(=O)(=O)NC(=N)NCCC(C)NC(=O)OC(C)(C)C)c(C)c2c1OC(C)(C)C2. The number of amides is 1. The number of alkyl carbamates (subject to hydrolysis) is 1. The van der Waals surface area contributed by atoms with Crippen LogP contribution in [0.5, 0.6) is 5.75 Å². The lowest BCUT2D eigenvalue weighted by molar-refractivity contribution is 0.0506. The van der Waals surface area contributed by atoms with Crippen molar-refractivity contribution in [3.05, 3.63) is 22.3 Å². The van der Waals surface area contributed by atoms with Crippen molar-refractivity contribution in [2.24, 2.45) is 0 Å². The summed E-state index contributed by atoms with van der Waals surface area (Å²) in [6, 6.07) is -0.219. The highest BCUT2D eigenvalue weighted by Crippen LogP contribution is 2.43. The van der Waals surface area contributed by atoms with Gasteiger partial charge in [0, 0.05) is 24.6 Å². The van der Waals surface area contributed by atoms with Gasteiger partial charge in [0.05, 0.1) is 4.90 Å². The van der Waals surface area contributed by atoms with Gasteiger partial charge in [0.2, 0.25) is 5.96 Å². The number of rotatable bonds is 6. The second-order valence-corrected chi connectivity index (χ2v) is 11.9. The molecule has 1 aliphatic rings. The molecule has 4 N–H and O–H groups in total. The molecule has 0 fully saturated rings. The second kappa shape index (κ2) is 9.40. The number of guanidine groups is 1. The number of fused-ring (bicyclic) bond motifs is 1. The van der Waals surface area contributed by atoms with Gasteiger partial charge in [0.1, 0.15) is 17.0 Å². The molecule has 1 atom stereocenters. The third-order valence-corrected chi connectivity index (χ3v) is 7.06. The third-order valence-electron chi connectivity index (χ3n) is 5.44. The van der Waals surface area contributed by atoms with Crippen molar-refractivity contribution in [2.45, 2.75) is 97.3 Å². The maximum Gasteiger partial charge on any atom is 0.407 e. The lowest BCUT2D eigenvalue weighted by atomic mass is 9.94. The van der Waals surface area contributed by atoms with Crippen LogP contribution in [0.1, 0.15) is 70.2 Å². The molecule has 1 aromatic rings. The molecular weight excluding hydrogens is 444 g/mol. The largest absolute Gasteiger partial charge is 0.487 e. The van der Waals surface area contributed by atoms with Crippen molar-refractivity contribution in [1.82, 2.24) is 15.4 Å². The van der Waals surface area contributed by atoms with Crippen LogP contribution in [0.15, 0.2) is 4.90 Å². The minimum Gasteiger partial charge on any atom is -0.487 e. The van der Waals surface area contributed by atoms with E-state index in [2.05, 4.69) is 15.4 Å². The minimum atomic E-state index is -3.97. The van der Waals surface area contributed by atoms with Crippen molar-refractivity contribution in [3.63, 3.8) is 0 Å². The van der Waals surface area contributed by atoms with E-state index >= 15 is 0 Å². The Balaban J connectivity index is 2.02. The van der Waals surface area contributed by atoms with Crippen LogP contribution in [0.2, 0.25) is 0 Å². The van der Waals surface area contributed by atoms with E-state index in [1.165, 1.54) is 0 Å². The highest BCUT2D eigenvalue weighted by Gasteiger charge is 2.36. The van der Waals surface area contributed by atoms with Crippen LogP contribution < -0.4 is 20.1 Å². The minimum absolute atomic E-state index is 0.187. The Labute approximate surface area is 197 Å². The van der Waals surface area contributed by atoms with E-state index < -0.39 is 27.3 Å². The lowest BCUT2D eigenvalue weighted by Gasteiger charge is -2.22. The summed E-state index contributed by atoms with van der Waals surface area (Å²) in [4.78, 5) is 12.0. The van der Waals surface area contributed by atoms with Crippen molar-refractivity contribution in [3.8, 4) is 5.75 Å². The molecule has 9 nitrogen and oxygen atoms in total.